The van der Waals surface area contributed by atoms with Gasteiger partial charge in [0.05, 0.1) is 19.3 Å². The van der Waals surface area contributed by atoms with Gasteiger partial charge in [-0.3, -0.25) is 0 Å². The van der Waals surface area contributed by atoms with E-state index in [1.807, 2.05) is 6.07 Å². The first kappa shape index (κ1) is 10.1. The van der Waals surface area contributed by atoms with Crippen LogP contribution in [0.25, 0.3) is 0 Å². The Morgan fingerprint density at radius 1 is 1.31 bits per heavy atom. The second-order valence-electron chi connectivity index (χ2n) is 4.52. The van der Waals surface area contributed by atoms with E-state index < -0.39 is 0 Å². The number of hydrogen-bond donors (Lipinski definition) is 1. The highest BCUT2D eigenvalue weighted by Crippen LogP contribution is 2.45. The van der Waals surface area contributed by atoms with Crippen molar-refractivity contribution in [1.29, 1.82) is 0 Å². The molecule has 0 radical (unpaired) electrons. The topological polar surface area (TPSA) is 30.5 Å². The quantitative estimate of drug-likeness (QED) is 0.781. The average Bonchev–Trinajstić information content (AvgIpc) is 2.70. The summed E-state index contributed by atoms with van der Waals surface area (Å²) in [5.41, 5.74) is 2.54. The molecule has 1 aromatic rings. The van der Waals surface area contributed by atoms with E-state index in [9.17, 15) is 0 Å². The Labute approximate surface area is 95.8 Å². The Hall–Kier alpha value is -1.06. The van der Waals surface area contributed by atoms with Crippen LogP contribution in [0, 0.1) is 0 Å². The molecule has 1 fully saturated rings. The summed E-state index contributed by atoms with van der Waals surface area (Å²) in [6, 6.07) is 6.27. The molecule has 2 aliphatic heterocycles. The Kier molecular flexibility index (Phi) is 2.37. The zero-order chi connectivity index (χ0) is 11.0. The van der Waals surface area contributed by atoms with Crippen LogP contribution in [0.2, 0.25) is 0 Å². The molecule has 0 amide bonds. The fourth-order valence-corrected chi connectivity index (χ4v) is 2.86. The van der Waals surface area contributed by atoms with Crippen LogP contribution < -0.4 is 10.1 Å². The molecule has 3 heteroatoms. The van der Waals surface area contributed by atoms with Crippen molar-refractivity contribution in [3.05, 3.63) is 29.3 Å². The van der Waals surface area contributed by atoms with Gasteiger partial charge in [-0.1, -0.05) is 12.1 Å². The predicted octanol–water partition coefficient (Wildman–Crippen LogP) is 1.80. The second-order valence-corrected chi connectivity index (χ2v) is 4.52. The Bertz CT molecular complexity index is 397. The Morgan fingerprint density at radius 3 is 2.88 bits per heavy atom. The van der Waals surface area contributed by atoms with Crippen LogP contribution in [0.15, 0.2) is 18.2 Å². The summed E-state index contributed by atoms with van der Waals surface area (Å²) in [6.07, 6.45) is 2.13. The van der Waals surface area contributed by atoms with Gasteiger partial charge in [-0.2, -0.15) is 0 Å². The minimum Gasteiger partial charge on any atom is -0.496 e. The van der Waals surface area contributed by atoms with E-state index in [0.29, 0.717) is 6.61 Å². The van der Waals surface area contributed by atoms with E-state index in [2.05, 4.69) is 17.4 Å². The number of fused-ring (bicyclic) bond motifs is 2. The minimum absolute atomic E-state index is 0.0465. The predicted molar refractivity (Wildman–Crippen MR) is 61.6 cm³/mol. The molecule has 1 N–H and O–H groups in total. The van der Waals surface area contributed by atoms with Gasteiger partial charge >= 0.3 is 0 Å². The maximum Gasteiger partial charge on any atom is 0.124 e. The van der Waals surface area contributed by atoms with E-state index in [4.69, 9.17) is 9.47 Å². The summed E-state index contributed by atoms with van der Waals surface area (Å²) in [5, 5.41) is 3.38. The molecular formula is C13H17NO2. The van der Waals surface area contributed by atoms with Crippen LogP contribution in [0.1, 0.15) is 24.0 Å². The molecule has 1 saturated heterocycles. The van der Waals surface area contributed by atoms with Gasteiger partial charge < -0.3 is 14.8 Å². The van der Waals surface area contributed by atoms with Crippen molar-refractivity contribution in [2.24, 2.45) is 0 Å². The standard InChI is InChI=1S/C13H17NO2/c1-15-12-4-2-3-11-10(12)9-16-13(11)5-7-14-8-6-13/h2-4,14H,5-9H2,1H3. The summed E-state index contributed by atoms with van der Waals surface area (Å²) < 4.78 is 11.5. The van der Waals surface area contributed by atoms with Crippen molar-refractivity contribution in [2.75, 3.05) is 20.2 Å². The molecule has 0 saturated carbocycles. The number of ether oxygens (including phenoxy) is 2. The fourth-order valence-electron chi connectivity index (χ4n) is 2.86. The number of benzene rings is 1. The van der Waals surface area contributed by atoms with E-state index >= 15 is 0 Å². The van der Waals surface area contributed by atoms with Crippen LogP contribution in [-0.4, -0.2) is 20.2 Å². The van der Waals surface area contributed by atoms with Crippen LogP contribution in [0.3, 0.4) is 0 Å². The molecule has 0 aromatic heterocycles. The van der Waals surface area contributed by atoms with Gasteiger partial charge in [0.2, 0.25) is 0 Å². The van der Waals surface area contributed by atoms with Gasteiger partial charge in [-0.05, 0) is 37.6 Å². The van der Waals surface area contributed by atoms with E-state index in [1.54, 1.807) is 7.11 Å². The molecule has 3 rings (SSSR count). The van der Waals surface area contributed by atoms with Crippen LogP contribution in [0.5, 0.6) is 5.75 Å². The lowest BCUT2D eigenvalue weighted by Crippen LogP contribution is -2.39. The van der Waals surface area contributed by atoms with Crippen LogP contribution >= 0.6 is 0 Å². The van der Waals surface area contributed by atoms with Gasteiger partial charge in [0.1, 0.15) is 5.75 Å². The van der Waals surface area contributed by atoms with Crippen molar-refractivity contribution in [2.45, 2.75) is 25.0 Å². The normalized spacial score (nSPS) is 22.1. The van der Waals surface area contributed by atoms with Gasteiger partial charge in [0, 0.05) is 5.56 Å². The molecular weight excluding hydrogens is 202 g/mol. The van der Waals surface area contributed by atoms with Gasteiger partial charge in [0.25, 0.3) is 0 Å². The number of methoxy groups -OCH3 is 1. The maximum atomic E-state index is 6.07. The summed E-state index contributed by atoms with van der Waals surface area (Å²) >= 11 is 0. The first-order chi connectivity index (χ1) is 7.86. The Morgan fingerprint density at radius 2 is 2.12 bits per heavy atom. The van der Waals surface area contributed by atoms with Crippen molar-refractivity contribution in [3.63, 3.8) is 0 Å². The largest absolute Gasteiger partial charge is 0.496 e. The number of hydrogen-bond acceptors (Lipinski definition) is 3. The van der Waals surface area contributed by atoms with E-state index in [1.165, 1.54) is 11.1 Å². The zero-order valence-electron chi connectivity index (χ0n) is 9.58. The van der Waals surface area contributed by atoms with Gasteiger partial charge in [-0.25, -0.2) is 0 Å². The van der Waals surface area contributed by atoms with E-state index in [-0.39, 0.29) is 5.60 Å². The van der Waals surface area contributed by atoms with Crippen molar-refractivity contribution >= 4 is 0 Å². The monoisotopic (exact) mass is 219 g/mol. The highest BCUT2D eigenvalue weighted by Gasteiger charge is 2.41. The minimum atomic E-state index is -0.0465. The van der Waals surface area contributed by atoms with Gasteiger partial charge in [-0.15, -0.1) is 0 Å². The summed E-state index contributed by atoms with van der Waals surface area (Å²) in [4.78, 5) is 0. The lowest BCUT2D eigenvalue weighted by atomic mass is 9.84. The van der Waals surface area contributed by atoms with Crippen molar-refractivity contribution < 1.29 is 9.47 Å². The van der Waals surface area contributed by atoms with E-state index in [0.717, 1.165) is 31.7 Å². The van der Waals surface area contributed by atoms with Gasteiger partial charge in [0.15, 0.2) is 0 Å². The second kappa shape index (κ2) is 3.75. The van der Waals surface area contributed by atoms with Crippen molar-refractivity contribution in [1.82, 2.24) is 5.32 Å². The zero-order valence-corrected chi connectivity index (χ0v) is 9.58. The third-order valence-electron chi connectivity index (χ3n) is 3.75. The first-order valence-electron chi connectivity index (χ1n) is 5.87. The SMILES string of the molecule is COc1cccc2c1COC21CCNCC1. The molecule has 16 heavy (non-hydrogen) atoms. The lowest BCUT2D eigenvalue weighted by Gasteiger charge is -2.33. The third kappa shape index (κ3) is 1.35. The third-order valence-corrected chi connectivity index (χ3v) is 3.75. The molecule has 3 nitrogen and oxygen atoms in total. The number of nitrogens with one attached hydrogen (secondary N) is 1. The molecule has 0 unspecified atom stereocenters. The molecule has 2 aliphatic rings. The smallest absolute Gasteiger partial charge is 0.124 e. The number of rotatable bonds is 1. The highest BCUT2D eigenvalue weighted by atomic mass is 16.5. The molecule has 0 bridgehead atoms. The summed E-state index contributed by atoms with van der Waals surface area (Å²) in [6.45, 7) is 2.77. The van der Waals surface area contributed by atoms with Crippen LogP contribution in [0.4, 0.5) is 0 Å². The van der Waals surface area contributed by atoms with Crippen molar-refractivity contribution in [3.8, 4) is 5.75 Å². The lowest BCUT2D eigenvalue weighted by molar-refractivity contribution is -0.0591. The summed E-state index contributed by atoms with van der Waals surface area (Å²) in [7, 11) is 1.73. The highest BCUT2D eigenvalue weighted by molar-refractivity contribution is 5.45. The summed E-state index contributed by atoms with van der Waals surface area (Å²) in [5.74, 6) is 0.966. The first-order valence-corrected chi connectivity index (χ1v) is 5.87. The molecule has 0 atom stereocenters. The molecule has 0 aliphatic carbocycles. The average molecular weight is 219 g/mol. The molecule has 1 aromatic carbocycles. The number of piperidine rings is 1. The van der Waals surface area contributed by atoms with Crippen LogP contribution in [-0.2, 0) is 16.9 Å². The fraction of sp³-hybridized carbons (Fsp3) is 0.538. The molecule has 2 heterocycles. The molecule has 86 valence electrons. The Balaban J connectivity index is 2.04. The molecule has 1 spiro atoms. The maximum absolute atomic E-state index is 6.07.